The molecule has 1 aromatic carbocycles. The van der Waals surface area contributed by atoms with Crippen LogP contribution in [0.5, 0.6) is 0 Å². The number of benzene rings is 1. The molecule has 6 nitrogen and oxygen atoms in total. The number of likely N-dealkylation sites (tertiary alicyclic amines) is 1. The number of hydrogen-bond donors (Lipinski definition) is 0. The number of thiazole rings is 1. The quantitative estimate of drug-likeness (QED) is 0.632. The third-order valence-corrected chi connectivity index (χ3v) is 6.87. The van der Waals surface area contributed by atoms with Gasteiger partial charge in [0.05, 0.1) is 17.1 Å². The molecule has 0 saturated carbocycles. The summed E-state index contributed by atoms with van der Waals surface area (Å²) in [6.45, 7) is 9.78. The second-order valence-electron chi connectivity index (χ2n) is 7.84. The lowest BCUT2D eigenvalue weighted by molar-refractivity contribution is 0.0765. The van der Waals surface area contributed by atoms with Gasteiger partial charge in [-0.25, -0.2) is 9.67 Å². The largest absolute Gasteiger partial charge is 0.338 e. The molecule has 7 heteroatoms. The van der Waals surface area contributed by atoms with Crippen molar-refractivity contribution in [1.82, 2.24) is 24.9 Å². The van der Waals surface area contributed by atoms with Crippen molar-refractivity contribution in [3.8, 4) is 16.4 Å². The topological polar surface area (TPSA) is 63.9 Å². The first-order valence-electron chi connectivity index (χ1n) is 10.2. The number of amides is 1. The molecule has 0 N–H and O–H groups in total. The number of carbonyl (C=O) groups excluding carboxylic acids is 1. The fourth-order valence-corrected chi connectivity index (χ4v) is 4.81. The molecule has 0 unspecified atom stereocenters. The van der Waals surface area contributed by atoms with E-state index in [0.29, 0.717) is 0 Å². The molecular formula is C22H27N5OS. The van der Waals surface area contributed by atoms with E-state index in [2.05, 4.69) is 47.3 Å². The number of rotatable bonds is 3. The highest BCUT2D eigenvalue weighted by Crippen LogP contribution is 2.31. The van der Waals surface area contributed by atoms with E-state index >= 15 is 0 Å². The Kier molecular flexibility index (Phi) is 5.50. The van der Waals surface area contributed by atoms with Gasteiger partial charge in [0.1, 0.15) is 15.6 Å². The van der Waals surface area contributed by atoms with Crippen LogP contribution in [0.4, 0.5) is 0 Å². The first kappa shape index (κ1) is 19.8. The molecule has 1 aliphatic heterocycles. The predicted octanol–water partition coefficient (Wildman–Crippen LogP) is 4.64. The Morgan fingerprint density at radius 3 is 2.41 bits per heavy atom. The van der Waals surface area contributed by atoms with Crippen LogP contribution in [0, 0.1) is 27.7 Å². The lowest BCUT2D eigenvalue weighted by atomic mass is 10.1. The van der Waals surface area contributed by atoms with Crippen molar-refractivity contribution >= 4 is 17.2 Å². The molecule has 3 heterocycles. The molecule has 0 atom stereocenters. The minimum atomic E-state index is 0.104. The van der Waals surface area contributed by atoms with E-state index in [4.69, 9.17) is 0 Å². The van der Waals surface area contributed by atoms with Crippen LogP contribution in [0.25, 0.3) is 16.4 Å². The zero-order valence-electron chi connectivity index (χ0n) is 17.5. The van der Waals surface area contributed by atoms with E-state index in [9.17, 15) is 4.79 Å². The van der Waals surface area contributed by atoms with Crippen molar-refractivity contribution in [3.05, 3.63) is 45.6 Å². The Morgan fingerprint density at radius 2 is 1.72 bits per heavy atom. The number of nitrogens with zero attached hydrogens (tertiary/aromatic N) is 5. The molecule has 29 heavy (non-hydrogen) atoms. The highest BCUT2D eigenvalue weighted by atomic mass is 32.1. The lowest BCUT2D eigenvalue weighted by Crippen LogP contribution is -2.31. The van der Waals surface area contributed by atoms with Gasteiger partial charge in [-0.2, -0.15) is 0 Å². The third kappa shape index (κ3) is 3.83. The molecule has 1 saturated heterocycles. The molecule has 1 aliphatic rings. The first-order chi connectivity index (χ1) is 14.0. The van der Waals surface area contributed by atoms with E-state index in [1.807, 2.05) is 23.4 Å². The van der Waals surface area contributed by atoms with Crippen LogP contribution in [-0.2, 0) is 0 Å². The number of hydrogen-bond acceptors (Lipinski definition) is 5. The molecule has 1 fully saturated rings. The summed E-state index contributed by atoms with van der Waals surface area (Å²) in [4.78, 5) is 20.4. The van der Waals surface area contributed by atoms with E-state index in [1.165, 1.54) is 35.3 Å². The molecule has 1 amide bonds. The maximum Gasteiger partial charge on any atom is 0.265 e. The Morgan fingerprint density at radius 1 is 1.00 bits per heavy atom. The Balaban J connectivity index is 1.64. The van der Waals surface area contributed by atoms with Crippen molar-refractivity contribution in [2.75, 3.05) is 13.1 Å². The smallest absolute Gasteiger partial charge is 0.265 e. The van der Waals surface area contributed by atoms with Crippen LogP contribution in [-0.4, -0.2) is 43.9 Å². The van der Waals surface area contributed by atoms with Crippen LogP contribution in [0.15, 0.2) is 18.2 Å². The Hall–Kier alpha value is -2.54. The van der Waals surface area contributed by atoms with Crippen LogP contribution in [0.1, 0.15) is 57.9 Å². The van der Waals surface area contributed by atoms with Crippen molar-refractivity contribution in [2.45, 2.75) is 53.4 Å². The van der Waals surface area contributed by atoms with Gasteiger partial charge in [-0.1, -0.05) is 24.1 Å². The Labute approximate surface area is 175 Å². The van der Waals surface area contributed by atoms with E-state index in [-0.39, 0.29) is 5.91 Å². The van der Waals surface area contributed by atoms with E-state index in [0.717, 1.165) is 58.6 Å². The maximum absolute atomic E-state index is 13.1. The number of aromatic nitrogens is 4. The number of aryl methyl sites for hydroxylation is 3. The average molecular weight is 410 g/mol. The van der Waals surface area contributed by atoms with E-state index < -0.39 is 0 Å². The van der Waals surface area contributed by atoms with Crippen LogP contribution in [0.3, 0.4) is 0 Å². The molecule has 2 aromatic heterocycles. The zero-order chi connectivity index (χ0) is 20.5. The van der Waals surface area contributed by atoms with Gasteiger partial charge in [0.25, 0.3) is 5.91 Å². The third-order valence-electron chi connectivity index (χ3n) is 5.72. The summed E-state index contributed by atoms with van der Waals surface area (Å²) < 4.78 is 1.84. The highest BCUT2D eigenvalue weighted by Gasteiger charge is 2.24. The number of carbonyl (C=O) groups is 1. The van der Waals surface area contributed by atoms with Crippen molar-refractivity contribution in [3.63, 3.8) is 0 Å². The minimum absolute atomic E-state index is 0.104. The molecule has 0 radical (unpaired) electrons. The zero-order valence-corrected chi connectivity index (χ0v) is 18.3. The lowest BCUT2D eigenvalue weighted by Gasteiger charge is -2.19. The Bertz CT molecular complexity index is 1040. The molecule has 0 aliphatic carbocycles. The van der Waals surface area contributed by atoms with Crippen LogP contribution in [0.2, 0.25) is 0 Å². The standard InChI is InChI=1S/C22H27N5OS/c1-14-9-10-18(13-15(14)2)27-17(4)19(24-25-27)21-23-16(3)20(29-21)22(28)26-11-7-5-6-8-12-26/h9-10,13H,5-8,11-12H2,1-4H3. The molecule has 152 valence electrons. The van der Waals surface area contributed by atoms with Crippen molar-refractivity contribution in [1.29, 1.82) is 0 Å². The van der Waals surface area contributed by atoms with Gasteiger partial charge in [0.15, 0.2) is 0 Å². The molecular weight excluding hydrogens is 382 g/mol. The average Bonchev–Trinajstić information content (AvgIpc) is 3.14. The van der Waals surface area contributed by atoms with Crippen molar-refractivity contribution < 1.29 is 4.79 Å². The fourth-order valence-electron chi connectivity index (χ4n) is 3.74. The molecule has 0 bridgehead atoms. The van der Waals surface area contributed by atoms with Gasteiger partial charge in [0, 0.05) is 13.1 Å². The monoisotopic (exact) mass is 409 g/mol. The summed E-state index contributed by atoms with van der Waals surface area (Å²) in [5, 5.41) is 9.51. The normalized spacial score (nSPS) is 14.8. The van der Waals surface area contributed by atoms with E-state index in [1.54, 1.807) is 0 Å². The van der Waals surface area contributed by atoms with Gasteiger partial charge in [-0.3, -0.25) is 4.79 Å². The summed E-state index contributed by atoms with van der Waals surface area (Å²) in [5.74, 6) is 0.104. The highest BCUT2D eigenvalue weighted by molar-refractivity contribution is 7.17. The first-order valence-corrected chi connectivity index (χ1v) is 11.0. The summed E-state index contributed by atoms with van der Waals surface area (Å²) in [7, 11) is 0. The molecule has 0 spiro atoms. The SMILES string of the molecule is Cc1ccc(-n2nnc(-c3nc(C)c(C(=O)N4CCCCCC4)s3)c2C)cc1C. The van der Waals surface area contributed by atoms with Gasteiger partial charge in [0.2, 0.25) is 0 Å². The summed E-state index contributed by atoms with van der Waals surface area (Å²) in [5.41, 5.74) is 5.90. The molecule has 4 rings (SSSR count). The van der Waals surface area contributed by atoms with Gasteiger partial charge in [-0.15, -0.1) is 16.4 Å². The van der Waals surface area contributed by atoms with Gasteiger partial charge >= 0.3 is 0 Å². The fraction of sp³-hybridized carbons (Fsp3) is 0.455. The predicted molar refractivity (Wildman–Crippen MR) is 116 cm³/mol. The second-order valence-corrected chi connectivity index (χ2v) is 8.84. The minimum Gasteiger partial charge on any atom is -0.338 e. The van der Waals surface area contributed by atoms with Gasteiger partial charge in [-0.05, 0) is 63.8 Å². The van der Waals surface area contributed by atoms with Crippen LogP contribution < -0.4 is 0 Å². The molecule has 3 aromatic rings. The summed E-state index contributed by atoms with van der Waals surface area (Å²) >= 11 is 1.43. The summed E-state index contributed by atoms with van der Waals surface area (Å²) in [6, 6.07) is 6.26. The maximum atomic E-state index is 13.1. The van der Waals surface area contributed by atoms with Crippen LogP contribution >= 0.6 is 11.3 Å². The summed E-state index contributed by atoms with van der Waals surface area (Å²) in [6.07, 6.45) is 4.58. The second kappa shape index (κ2) is 8.06. The van der Waals surface area contributed by atoms with Gasteiger partial charge < -0.3 is 4.90 Å². The van der Waals surface area contributed by atoms with Crippen molar-refractivity contribution in [2.24, 2.45) is 0 Å².